The molecule has 4 rings (SSSR count). The van der Waals surface area contributed by atoms with Crippen molar-refractivity contribution in [3.63, 3.8) is 0 Å². The summed E-state index contributed by atoms with van der Waals surface area (Å²) in [7, 11) is 0. The number of nitrogens with zero attached hydrogens (tertiary/aromatic N) is 1. The Labute approximate surface area is 213 Å². The number of ketones is 1. The lowest BCUT2D eigenvalue weighted by Crippen LogP contribution is -2.27. The second kappa shape index (κ2) is 10.4. The zero-order valence-electron chi connectivity index (χ0n) is 20.6. The molecule has 37 heavy (non-hydrogen) atoms. The fourth-order valence-electron chi connectivity index (χ4n) is 3.65. The zero-order valence-corrected chi connectivity index (χ0v) is 20.6. The summed E-state index contributed by atoms with van der Waals surface area (Å²) in [5.74, 6) is -0.448. The van der Waals surface area contributed by atoms with Gasteiger partial charge in [0.25, 0.3) is 0 Å². The van der Waals surface area contributed by atoms with Gasteiger partial charge in [-0.1, -0.05) is 30.3 Å². The minimum atomic E-state index is -0.716. The number of benzene rings is 3. The van der Waals surface area contributed by atoms with Crippen LogP contribution in [0.4, 0.5) is 16.2 Å². The number of Topliss-reactive ketones (excluding diaryl/α,β-unsaturated/α-hetero) is 1. The van der Waals surface area contributed by atoms with Gasteiger partial charge in [0.1, 0.15) is 16.9 Å². The fraction of sp³-hybridized carbons (Fsp3) is 0.172. The summed E-state index contributed by atoms with van der Waals surface area (Å²) in [6.45, 7) is 5.23. The van der Waals surface area contributed by atoms with Gasteiger partial charge < -0.3 is 14.5 Å². The van der Waals surface area contributed by atoms with E-state index in [0.717, 1.165) is 5.39 Å². The van der Waals surface area contributed by atoms with Gasteiger partial charge in [-0.2, -0.15) is 5.26 Å². The van der Waals surface area contributed by atoms with Crippen molar-refractivity contribution < 1.29 is 23.5 Å². The molecule has 2 amide bonds. The van der Waals surface area contributed by atoms with Crippen molar-refractivity contribution in [2.24, 2.45) is 0 Å². The van der Waals surface area contributed by atoms with E-state index in [4.69, 9.17) is 14.4 Å². The molecular weight excluding hydrogens is 470 g/mol. The molecule has 0 aliphatic heterocycles. The van der Waals surface area contributed by atoms with Gasteiger partial charge in [-0.3, -0.25) is 14.9 Å². The molecule has 0 unspecified atom stereocenters. The highest BCUT2D eigenvalue weighted by molar-refractivity contribution is 6.12. The van der Waals surface area contributed by atoms with E-state index in [-0.39, 0.29) is 11.3 Å². The maximum atomic E-state index is 12.8. The molecular formula is C29H25N3O5. The number of ether oxygens (including phenoxy) is 1. The van der Waals surface area contributed by atoms with Gasteiger partial charge in [-0.05, 0) is 63.2 Å². The average Bonchev–Trinajstić information content (AvgIpc) is 3.28. The molecule has 186 valence electrons. The maximum Gasteiger partial charge on any atom is 0.412 e. The number of nitrogens with one attached hydrogen (secondary N) is 2. The van der Waals surface area contributed by atoms with Crippen LogP contribution >= 0.6 is 0 Å². The highest BCUT2D eigenvalue weighted by Crippen LogP contribution is 2.33. The fourth-order valence-corrected chi connectivity index (χ4v) is 3.65. The normalized spacial score (nSPS) is 11.0. The van der Waals surface area contributed by atoms with Crippen LogP contribution in [0.5, 0.6) is 0 Å². The van der Waals surface area contributed by atoms with E-state index in [0.29, 0.717) is 28.2 Å². The summed E-state index contributed by atoms with van der Waals surface area (Å²) >= 11 is 0. The van der Waals surface area contributed by atoms with E-state index in [2.05, 4.69) is 10.6 Å². The molecule has 0 saturated heterocycles. The summed E-state index contributed by atoms with van der Waals surface area (Å²) < 4.78 is 11.3. The largest absolute Gasteiger partial charge is 0.456 e. The Balaban J connectivity index is 1.61. The predicted octanol–water partition coefficient (Wildman–Crippen LogP) is 6.53. The van der Waals surface area contributed by atoms with Crippen LogP contribution in [-0.2, 0) is 9.53 Å². The lowest BCUT2D eigenvalue weighted by Gasteiger charge is -2.20. The van der Waals surface area contributed by atoms with E-state index in [1.54, 1.807) is 57.2 Å². The third-order valence-corrected chi connectivity index (χ3v) is 5.27. The van der Waals surface area contributed by atoms with Crippen LogP contribution in [0.25, 0.3) is 22.3 Å². The quantitative estimate of drug-likeness (QED) is 0.232. The minimum absolute atomic E-state index is 0.261. The number of fused-ring (bicyclic) bond motifs is 1. The summed E-state index contributed by atoms with van der Waals surface area (Å²) in [5, 5.41) is 15.4. The molecule has 4 aromatic rings. The van der Waals surface area contributed by atoms with E-state index in [9.17, 15) is 14.4 Å². The lowest BCUT2D eigenvalue weighted by atomic mass is 10.1. The van der Waals surface area contributed by atoms with Crippen molar-refractivity contribution in [2.45, 2.75) is 32.8 Å². The van der Waals surface area contributed by atoms with E-state index in [1.165, 1.54) is 6.07 Å². The monoisotopic (exact) mass is 495 g/mol. The Morgan fingerprint density at radius 1 is 0.919 bits per heavy atom. The number of rotatable bonds is 6. The lowest BCUT2D eigenvalue weighted by molar-refractivity contribution is -0.115. The molecule has 2 N–H and O–H groups in total. The third-order valence-electron chi connectivity index (χ3n) is 5.27. The maximum absolute atomic E-state index is 12.8. The second-order valence-electron chi connectivity index (χ2n) is 9.38. The van der Waals surface area contributed by atoms with Crippen molar-refractivity contribution in [2.75, 3.05) is 10.6 Å². The van der Waals surface area contributed by atoms with E-state index < -0.39 is 29.8 Å². The third kappa shape index (κ3) is 6.41. The first-order chi connectivity index (χ1) is 17.6. The SMILES string of the molecule is CC(C)(C)OC(=O)Nc1ccc(-c2cc3ccccc3o2)cc1NC(=O)CC(=O)c1cccc(C#N)c1. The Bertz CT molecular complexity index is 1510. The molecule has 0 aliphatic rings. The highest BCUT2D eigenvalue weighted by Gasteiger charge is 2.20. The number of hydrogen-bond donors (Lipinski definition) is 2. The number of para-hydroxylation sites is 1. The van der Waals surface area contributed by atoms with E-state index in [1.807, 2.05) is 36.4 Å². The number of carbonyl (C=O) groups is 3. The van der Waals surface area contributed by atoms with Crippen LogP contribution in [0.3, 0.4) is 0 Å². The molecule has 3 aromatic carbocycles. The van der Waals surface area contributed by atoms with Crippen LogP contribution in [-0.4, -0.2) is 23.4 Å². The Hall–Kier alpha value is -4.90. The standard InChI is InChI=1S/C29H25N3O5/c1-29(2,3)37-28(35)32-22-12-11-21(26-15-20-8-4-5-10-25(20)36-26)14-23(22)31-27(34)16-24(33)19-9-6-7-18(13-19)17-30/h4-15H,16H2,1-3H3,(H,31,34)(H,32,35). The van der Waals surface area contributed by atoms with Gasteiger partial charge in [0.05, 0.1) is 29.4 Å². The number of furan rings is 1. The number of anilines is 2. The van der Waals surface area contributed by atoms with Gasteiger partial charge in [0.15, 0.2) is 5.78 Å². The van der Waals surface area contributed by atoms with Crippen molar-refractivity contribution in [3.05, 3.63) is 83.9 Å². The van der Waals surface area contributed by atoms with Gasteiger partial charge in [-0.25, -0.2) is 4.79 Å². The average molecular weight is 496 g/mol. The van der Waals surface area contributed by atoms with Crippen molar-refractivity contribution in [1.29, 1.82) is 5.26 Å². The zero-order chi connectivity index (χ0) is 26.6. The molecule has 0 aliphatic carbocycles. The van der Waals surface area contributed by atoms with Gasteiger partial charge in [0.2, 0.25) is 5.91 Å². The van der Waals surface area contributed by atoms with Crippen molar-refractivity contribution in [1.82, 2.24) is 0 Å². The van der Waals surface area contributed by atoms with Crippen LogP contribution < -0.4 is 10.6 Å². The number of amides is 2. The van der Waals surface area contributed by atoms with E-state index >= 15 is 0 Å². The van der Waals surface area contributed by atoms with Crippen LogP contribution in [0.15, 0.2) is 77.2 Å². The molecule has 0 saturated carbocycles. The summed E-state index contributed by atoms with van der Waals surface area (Å²) in [6.07, 6.45) is -1.14. The molecule has 0 fully saturated rings. The molecule has 0 atom stereocenters. The smallest absolute Gasteiger partial charge is 0.412 e. The molecule has 0 bridgehead atoms. The Kier molecular flexibility index (Phi) is 7.07. The van der Waals surface area contributed by atoms with Crippen LogP contribution in [0.2, 0.25) is 0 Å². The Morgan fingerprint density at radius 3 is 2.43 bits per heavy atom. The first-order valence-corrected chi connectivity index (χ1v) is 11.6. The van der Waals surface area contributed by atoms with Gasteiger partial charge in [-0.15, -0.1) is 0 Å². The number of hydrogen-bond acceptors (Lipinski definition) is 6. The minimum Gasteiger partial charge on any atom is -0.456 e. The molecule has 1 heterocycles. The van der Waals surface area contributed by atoms with Crippen molar-refractivity contribution in [3.8, 4) is 17.4 Å². The van der Waals surface area contributed by atoms with Crippen molar-refractivity contribution >= 4 is 40.1 Å². The summed E-state index contributed by atoms with van der Waals surface area (Å²) in [4.78, 5) is 37.9. The second-order valence-corrected chi connectivity index (χ2v) is 9.38. The first kappa shape index (κ1) is 25.2. The summed E-state index contributed by atoms with van der Waals surface area (Å²) in [6, 6.07) is 22.6. The Morgan fingerprint density at radius 2 is 1.70 bits per heavy atom. The molecule has 1 aromatic heterocycles. The molecule has 0 radical (unpaired) electrons. The van der Waals surface area contributed by atoms with Crippen LogP contribution in [0, 0.1) is 11.3 Å². The number of nitriles is 1. The van der Waals surface area contributed by atoms with Gasteiger partial charge >= 0.3 is 6.09 Å². The predicted molar refractivity (Wildman–Crippen MR) is 140 cm³/mol. The summed E-state index contributed by atoms with van der Waals surface area (Å²) in [5.41, 5.74) is 1.81. The molecule has 8 nitrogen and oxygen atoms in total. The molecule has 0 spiro atoms. The first-order valence-electron chi connectivity index (χ1n) is 11.6. The van der Waals surface area contributed by atoms with Gasteiger partial charge in [0, 0.05) is 16.5 Å². The topological polar surface area (TPSA) is 121 Å². The van der Waals surface area contributed by atoms with Crippen LogP contribution in [0.1, 0.15) is 43.1 Å². The number of carbonyl (C=O) groups excluding carboxylic acids is 3. The molecule has 8 heteroatoms. The highest BCUT2D eigenvalue weighted by atomic mass is 16.6.